The van der Waals surface area contributed by atoms with Crippen molar-refractivity contribution in [2.75, 3.05) is 5.32 Å². The Balaban J connectivity index is 1.93. The van der Waals surface area contributed by atoms with Gasteiger partial charge in [0.15, 0.2) is 11.7 Å². The summed E-state index contributed by atoms with van der Waals surface area (Å²) in [4.78, 5) is 12.3. The molecule has 3 rings (SSSR count). The van der Waals surface area contributed by atoms with E-state index in [1.165, 1.54) is 6.07 Å². The summed E-state index contributed by atoms with van der Waals surface area (Å²) >= 11 is 3.32. The van der Waals surface area contributed by atoms with E-state index in [2.05, 4.69) is 31.7 Å². The Bertz CT molecular complexity index is 819. The number of benzene rings is 1. The van der Waals surface area contributed by atoms with Crippen LogP contribution in [0.5, 0.6) is 0 Å². The number of hydrogen-bond acceptors (Lipinski definition) is 3. The van der Waals surface area contributed by atoms with Crippen molar-refractivity contribution in [1.29, 1.82) is 0 Å². The predicted octanol–water partition coefficient (Wildman–Crippen LogP) is 4.83. The lowest BCUT2D eigenvalue weighted by Gasteiger charge is -2.33. The quantitative estimate of drug-likeness (QED) is 0.709. The number of rotatable bonds is 4. The molecule has 9 heteroatoms. The summed E-state index contributed by atoms with van der Waals surface area (Å²) in [6, 6.07) is 6.09. The molecule has 0 aliphatic carbocycles. The summed E-state index contributed by atoms with van der Waals surface area (Å²) in [7, 11) is 0. The Kier molecular flexibility index (Phi) is 5.50. The van der Waals surface area contributed by atoms with Gasteiger partial charge < -0.3 is 10.6 Å². The number of hydrogen-bond donors (Lipinski definition) is 2. The van der Waals surface area contributed by atoms with Gasteiger partial charge in [0.2, 0.25) is 0 Å². The van der Waals surface area contributed by atoms with E-state index in [1.807, 2.05) is 13.8 Å². The lowest BCUT2D eigenvalue weighted by Crippen LogP contribution is -2.36. The third kappa shape index (κ3) is 4.28. The number of amides is 1. The summed E-state index contributed by atoms with van der Waals surface area (Å²) in [5.41, 5.74) is 0.717. The number of fused-ring (bicyclic) bond motifs is 1. The van der Waals surface area contributed by atoms with E-state index in [-0.39, 0.29) is 24.0 Å². The van der Waals surface area contributed by atoms with E-state index < -0.39 is 24.2 Å². The molecule has 0 fully saturated rings. The second-order valence-electron chi connectivity index (χ2n) is 6.68. The lowest BCUT2D eigenvalue weighted by atomic mass is 9.97. The molecule has 0 radical (unpaired) electrons. The number of alkyl halides is 3. The first kappa shape index (κ1) is 19.7. The highest BCUT2D eigenvalue weighted by Gasteiger charge is 2.46. The zero-order valence-corrected chi connectivity index (χ0v) is 16.4. The van der Waals surface area contributed by atoms with Gasteiger partial charge in [-0.05, 0) is 31.0 Å². The summed E-state index contributed by atoms with van der Waals surface area (Å²) in [5, 5.41) is 9.75. The molecular formula is C18H20BrF3N4O. The molecular weight excluding hydrogens is 425 g/mol. The molecule has 1 aromatic carbocycles. The van der Waals surface area contributed by atoms with Crippen LogP contribution < -0.4 is 10.6 Å². The first-order valence-corrected chi connectivity index (χ1v) is 9.47. The van der Waals surface area contributed by atoms with Crippen LogP contribution in [0.15, 0.2) is 34.8 Å². The van der Waals surface area contributed by atoms with Crippen LogP contribution in [0.25, 0.3) is 0 Å². The Hall–Kier alpha value is -2.03. The van der Waals surface area contributed by atoms with Gasteiger partial charge in [-0.25, -0.2) is 4.68 Å². The van der Waals surface area contributed by atoms with Crippen molar-refractivity contribution in [2.24, 2.45) is 0 Å². The number of halogens is 4. The maximum Gasteiger partial charge on any atom is 0.410 e. The van der Waals surface area contributed by atoms with Crippen LogP contribution >= 0.6 is 15.9 Å². The highest BCUT2D eigenvalue weighted by molar-refractivity contribution is 9.10. The molecule has 2 N–H and O–H groups in total. The molecule has 27 heavy (non-hydrogen) atoms. The maximum absolute atomic E-state index is 13.7. The molecule has 3 atom stereocenters. The van der Waals surface area contributed by atoms with Crippen molar-refractivity contribution < 1.29 is 18.0 Å². The van der Waals surface area contributed by atoms with E-state index in [4.69, 9.17) is 0 Å². The summed E-state index contributed by atoms with van der Waals surface area (Å²) in [6.45, 7) is 3.74. The molecule has 1 amide bonds. The van der Waals surface area contributed by atoms with E-state index in [0.717, 1.165) is 14.7 Å². The molecule has 146 valence electrons. The zero-order chi connectivity index (χ0) is 19.8. The fourth-order valence-electron chi connectivity index (χ4n) is 3.00. The van der Waals surface area contributed by atoms with Gasteiger partial charge in [0.25, 0.3) is 5.91 Å². The number of aromatic nitrogens is 2. The minimum atomic E-state index is -4.47. The molecule has 0 spiro atoms. The number of nitrogens with zero attached hydrogens (tertiary/aromatic N) is 2. The van der Waals surface area contributed by atoms with Gasteiger partial charge in [0.1, 0.15) is 5.82 Å². The second-order valence-corrected chi connectivity index (χ2v) is 7.60. The molecule has 2 heterocycles. The van der Waals surface area contributed by atoms with Crippen LogP contribution in [0.2, 0.25) is 0 Å². The standard InChI is InChI=1S/C18H20BrF3N4O/c1-3-10(2)23-17(27)14-9-16-24-13(11-4-6-12(19)7-5-11)8-15(18(20,21)22)26(16)25-14/h4-7,9-10,13,15,24H,3,8H2,1-2H3,(H,23,27)/t10-,13-,15+/m0/s1. The van der Waals surface area contributed by atoms with Gasteiger partial charge in [0.05, 0.1) is 6.04 Å². The van der Waals surface area contributed by atoms with Crippen LogP contribution in [-0.2, 0) is 0 Å². The molecule has 5 nitrogen and oxygen atoms in total. The average Bonchev–Trinajstić information content (AvgIpc) is 3.04. The monoisotopic (exact) mass is 444 g/mol. The SMILES string of the molecule is CC[C@H](C)NC(=O)c1cc2n(n1)[C@@H](C(F)(F)F)C[C@@H](c1ccc(Br)cc1)N2. The predicted molar refractivity (Wildman–Crippen MR) is 99.7 cm³/mol. The van der Waals surface area contributed by atoms with Crippen molar-refractivity contribution in [2.45, 2.75) is 51.0 Å². The van der Waals surface area contributed by atoms with Gasteiger partial charge in [0, 0.05) is 23.0 Å². The van der Waals surface area contributed by atoms with Gasteiger partial charge in [-0.3, -0.25) is 4.79 Å². The number of nitrogens with one attached hydrogen (secondary N) is 2. The molecule has 2 aromatic rings. The molecule has 0 bridgehead atoms. The van der Waals surface area contributed by atoms with Crippen LogP contribution in [0, 0.1) is 0 Å². The Morgan fingerprint density at radius 3 is 2.67 bits per heavy atom. The van der Waals surface area contributed by atoms with Gasteiger partial charge in [-0.15, -0.1) is 0 Å². The summed E-state index contributed by atoms with van der Waals surface area (Å²) in [6.07, 6.45) is -3.96. The normalized spacial score (nSPS) is 20.5. The topological polar surface area (TPSA) is 59.0 Å². The number of anilines is 1. The smallest absolute Gasteiger partial charge is 0.363 e. The minimum Gasteiger partial charge on any atom is -0.363 e. The average molecular weight is 445 g/mol. The molecule has 0 saturated heterocycles. The Morgan fingerprint density at radius 2 is 2.07 bits per heavy atom. The molecule has 1 aliphatic rings. The van der Waals surface area contributed by atoms with Crippen LogP contribution in [0.3, 0.4) is 0 Å². The third-order valence-corrected chi connectivity index (χ3v) is 5.21. The molecule has 0 unspecified atom stereocenters. The van der Waals surface area contributed by atoms with Crippen LogP contribution in [0.4, 0.5) is 19.0 Å². The van der Waals surface area contributed by atoms with E-state index in [1.54, 1.807) is 24.3 Å². The fourth-order valence-corrected chi connectivity index (χ4v) is 3.26. The molecule has 1 aliphatic heterocycles. The minimum absolute atomic E-state index is 0.0245. The van der Waals surface area contributed by atoms with Crippen molar-refractivity contribution in [3.63, 3.8) is 0 Å². The third-order valence-electron chi connectivity index (χ3n) is 4.68. The van der Waals surface area contributed by atoms with Crippen LogP contribution in [0.1, 0.15) is 54.8 Å². The number of carbonyl (C=O) groups excluding carboxylic acids is 1. The van der Waals surface area contributed by atoms with Gasteiger partial charge >= 0.3 is 6.18 Å². The van der Waals surface area contributed by atoms with E-state index in [9.17, 15) is 18.0 Å². The zero-order valence-electron chi connectivity index (χ0n) is 14.8. The maximum atomic E-state index is 13.7. The lowest BCUT2D eigenvalue weighted by molar-refractivity contribution is -0.173. The highest BCUT2D eigenvalue weighted by atomic mass is 79.9. The fraction of sp³-hybridized carbons (Fsp3) is 0.444. The van der Waals surface area contributed by atoms with Crippen molar-refractivity contribution in [3.05, 3.63) is 46.1 Å². The van der Waals surface area contributed by atoms with Gasteiger partial charge in [-0.2, -0.15) is 18.3 Å². The Labute approximate surface area is 163 Å². The van der Waals surface area contributed by atoms with Crippen LogP contribution in [-0.4, -0.2) is 27.9 Å². The van der Waals surface area contributed by atoms with E-state index in [0.29, 0.717) is 6.42 Å². The summed E-state index contributed by atoms with van der Waals surface area (Å²) in [5.74, 6) is -0.292. The molecule has 0 saturated carbocycles. The first-order chi connectivity index (χ1) is 12.7. The molecule has 1 aromatic heterocycles. The first-order valence-electron chi connectivity index (χ1n) is 8.68. The van der Waals surface area contributed by atoms with Gasteiger partial charge in [-0.1, -0.05) is 35.0 Å². The van der Waals surface area contributed by atoms with Crippen molar-refractivity contribution >= 4 is 27.7 Å². The Morgan fingerprint density at radius 1 is 1.41 bits per heavy atom. The highest BCUT2D eigenvalue weighted by Crippen LogP contribution is 2.43. The second kappa shape index (κ2) is 7.53. The largest absolute Gasteiger partial charge is 0.410 e. The van der Waals surface area contributed by atoms with Crippen molar-refractivity contribution in [3.8, 4) is 0 Å². The van der Waals surface area contributed by atoms with E-state index >= 15 is 0 Å². The number of carbonyl (C=O) groups is 1. The summed E-state index contributed by atoms with van der Waals surface area (Å²) < 4.78 is 42.7. The van der Waals surface area contributed by atoms with Crippen molar-refractivity contribution in [1.82, 2.24) is 15.1 Å².